The number of hydrogen-bond donors (Lipinski definition) is 2. The van der Waals surface area contributed by atoms with Gasteiger partial charge >= 0.3 is 0 Å². The highest BCUT2D eigenvalue weighted by atomic mass is 35.5. The van der Waals surface area contributed by atoms with Crippen molar-refractivity contribution >= 4 is 40.9 Å². The van der Waals surface area contributed by atoms with Crippen LogP contribution in [0.2, 0.25) is 5.02 Å². The summed E-state index contributed by atoms with van der Waals surface area (Å²) in [6.45, 7) is 1.58. The van der Waals surface area contributed by atoms with Crippen molar-refractivity contribution in [2.24, 2.45) is 0 Å². The second-order valence-electron chi connectivity index (χ2n) is 7.34. The number of carbonyl (C=O) groups excluding carboxylic acids is 2. The summed E-state index contributed by atoms with van der Waals surface area (Å²) in [7, 11) is 1.43. The van der Waals surface area contributed by atoms with E-state index in [0.717, 1.165) is 5.56 Å². The zero-order valence-corrected chi connectivity index (χ0v) is 19.7. The fourth-order valence-electron chi connectivity index (χ4n) is 2.95. The van der Waals surface area contributed by atoms with E-state index in [1.807, 2.05) is 13.0 Å². The third-order valence-electron chi connectivity index (χ3n) is 4.78. The number of ether oxygens (including phenoxy) is 2. The van der Waals surface area contributed by atoms with Gasteiger partial charge in [-0.2, -0.15) is 5.26 Å². The molecule has 0 atom stereocenters. The van der Waals surface area contributed by atoms with Crippen LogP contribution in [0.4, 0.5) is 15.8 Å². The van der Waals surface area contributed by atoms with E-state index >= 15 is 0 Å². The molecule has 3 aromatic rings. The fraction of sp³-hybridized carbons (Fsp3) is 0.115. The first-order chi connectivity index (χ1) is 16.8. The summed E-state index contributed by atoms with van der Waals surface area (Å²) in [5.74, 6) is -0.867. The first-order valence-electron chi connectivity index (χ1n) is 10.3. The topological polar surface area (TPSA) is 100 Å². The summed E-state index contributed by atoms with van der Waals surface area (Å²) in [6, 6.07) is 16.9. The smallest absolute Gasteiger partial charge is 0.266 e. The molecule has 35 heavy (non-hydrogen) atoms. The first-order valence-corrected chi connectivity index (χ1v) is 10.7. The minimum absolute atomic E-state index is 0.166. The third-order valence-corrected chi connectivity index (χ3v) is 5.19. The standard InChI is InChI=1S/C26H21ClFN3O4/c1-16-3-7-21(13-22(16)27)30-25(32)15-35-23-10-4-17(12-24(23)34-2)11-18(14-29)26(33)31-20-8-5-19(28)6-9-20/h3-13H,15H2,1-2H3,(H,30,32)(H,31,33)/b18-11+. The van der Waals surface area contributed by atoms with Crippen LogP contribution in [0.15, 0.2) is 66.2 Å². The van der Waals surface area contributed by atoms with Gasteiger partial charge in [0, 0.05) is 16.4 Å². The zero-order valence-electron chi connectivity index (χ0n) is 18.9. The number of aryl methyl sites for hydroxylation is 1. The number of benzene rings is 3. The van der Waals surface area contributed by atoms with Crippen LogP contribution in [0.25, 0.3) is 6.08 Å². The molecule has 0 saturated carbocycles. The molecule has 3 rings (SSSR count). The molecule has 0 aliphatic heterocycles. The Balaban J connectivity index is 1.67. The number of nitrogens with one attached hydrogen (secondary N) is 2. The molecule has 9 heteroatoms. The molecule has 3 aromatic carbocycles. The van der Waals surface area contributed by atoms with E-state index in [-0.39, 0.29) is 18.1 Å². The van der Waals surface area contributed by atoms with Crippen molar-refractivity contribution < 1.29 is 23.5 Å². The zero-order chi connectivity index (χ0) is 25.4. The molecule has 0 unspecified atom stereocenters. The lowest BCUT2D eigenvalue weighted by Crippen LogP contribution is -2.20. The molecule has 0 saturated heterocycles. The summed E-state index contributed by atoms with van der Waals surface area (Å²) in [4.78, 5) is 24.7. The fourth-order valence-corrected chi connectivity index (χ4v) is 3.13. The van der Waals surface area contributed by atoms with E-state index in [1.165, 1.54) is 37.5 Å². The SMILES string of the molecule is COc1cc(/C=C(\C#N)C(=O)Nc2ccc(F)cc2)ccc1OCC(=O)Nc1ccc(C)c(Cl)c1. The summed E-state index contributed by atoms with van der Waals surface area (Å²) in [5, 5.41) is 15.2. The number of halogens is 2. The molecule has 0 radical (unpaired) electrons. The van der Waals surface area contributed by atoms with Crippen molar-refractivity contribution in [1.29, 1.82) is 5.26 Å². The Kier molecular flexibility index (Phi) is 8.43. The van der Waals surface area contributed by atoms with Gasteiger partial charge < -0.3 is 20.1 Å². The Morgan fingerprint density at radius 2 is 1.74 bits per heavy atom. The normalized spacial score (nSPS) is 10.8. The Morgan fingerprint density at radius 1 is 1.03 bits per heavy atom. The highest BCUT2D eigenvalue weighted by Crippen LogP contribution is 2.29. The van der Waals surface area contributed by atoms with Crippen LogP contribution in [-0.2, 0) is 9.59 Å². The van der Waals surface area contributed by atoms with E-state index in [0.29, 0.717) is 33.5 Å². The van der Waals surface area contributed by atoms with Crippen LogP contribution < -0.4 is 20.1 Å². The van der Waals surface area contributed by atoms with Gasteiger partial charge in [-0.05, 0) is 72.7 Å². The van der Waals surface area contributed by atoms with E-state index in [1.54, 1.807) is 36.4 Å². The second kappa shape index (κ2) is 11.7. The summed E-state index contributed by atoms with van der Waals surface area (Å²) >= 11 is 6.07. The number of hydrogen-bond acceptors (Lipinski definition) is 5. The predicted octanol–water partition coefficient (Wildman–Crippen LogP) is 5.36. The van der Waals surface area contributed by atoms with Gasteiger partial charge in [-0.1, -0.05) is 23.7 Å². The van der Waals surface area contributed by atoms with Gasteiger partial charge in [-0.25, -0.2) is 4.39 Å². The van der Waals surface area contributed by atoms with Crippen molar-refractivity contribution in [2.45, 2.75) is 6.92 Å². The van der Waals surface area contributed by atoms with Gasteiger partial charge in [0.25, 0.3) is 11.8 Å². The molecule has 0 aliphatic rings. The van der Waals surface area contributed by atoms with Crippen molar-refractivity contribution in [1.82, 2.24) is 0 Å². The summed E-state index contributed by atoms with van der Waals surface area (Å²) in [6.07, 6.45) is 1.37. The van der Waals surface area contributed by atoms with Crippen LogP contribution >= 0.6 is 11.6 Å². The molecule has 2 N–H and O–H groups in total. The molecule has 0 bridgehead atoms. The van der Waals surface area contributed by atoms with E-state index in [9.17, 15) is 19.2 Å². The molecule has 0 heterocycles. The van der Waals surface area contributed by atoms with Crippen LogP contribution in [0.3, 0.4) is 0 Å². The minimum Gasteiger partial charge on any atom is -0.493 e. The molecule has 0 aliphatic carbocycles. The molecule has 0 spiro atoms. The average molecular weight is 494 g/mol. The van der Waals surface area contributed by atoms with Crippen molar-refractivity contribution in [3.8, 4) is 17.6 Å². The third kappa shape index (κ3) is 7.06. The largest absolute Gasteiger partial charge is 0.493 e. The Bertz CT molecular complexity index is 1320. The number of methoxy groups -OCH3 is 1. The van der Waals surface area contributed by atoms with Crippen molar-refractivity contribution in [2.75, 3.05) is 24.4 Å². The number of nitriles is 1. The summed E-state index contributed by atoms with van der Waals surface area (Å²) < 4.78 is 23.9. The number of rotatable bonds is 8. The lowest BCUT2D eigenvalue weighted by Gasteiger charge is -2.12. The van der Waals surface area contributed by atoms with Crippen molar-refractivity contribution in [3.05, 3.63) is 88.2 Å². The molecular formula is C26H21ClFN3O4. The average Bonchev–Trinajstić information content (AvgIpc) is 2.85. The van der Waals surface area contributed by atoms with E-state index < -0.39 is 11.7 Å². The van der Waals surface area contributed by atoms with Gasteiger partial charge in [0.15, 0.2) is 18.1 Å². The Labute approximate surface area is 206 Å². The lowest BCUT2D eigenvalue weighted by atomic mass is 10.1. The summed E-state index contributed by atoms with van der Waals surface area (Å²) in [5.41, 5.74) is 2.13. The monoisotopic (exact) mass is 493 g/mol. The van der Waals surface area contributed by atoms with Crippen LogP contribution in [0, 0.1) is 24.1 Å². The van der Waals surface area contributed by atoms with Crippen LogP contribution in [-0.4, -0.2) is 25.5 Å². The van der Waals surface area contributed by atoms with Gasteiger partial charge in [-0.15, -0.1) is 0 Å². The highest BCUT2D eigenvalue weighted by molar-refractivity contribution is 6.31. The van der Waals surface area contributed by atoms with Gasteiger partial charge in [0.1, 0.15) is 17.5 Å². The van der Waals surface area contributed by atoms with Crippen LogP contribution in [0.1, 0.15) is 11.1 Å². The lowest BCUT2D eigenvalue weighted by molar-refractivity contribution is -0.118. The molecule has 2 amide bonds. The van der Waals surface area contributed by atoms with E-state index in [4.69, 9.17) is 21.1 Å². The maximum atomic E-state index is 13.0. The maximum absolute atomic E-state index is 13.0. The number of nitrogens with zero attached hydrogens (tertiary/aromatic N) is 1. The Morgan fingerprint density at radius 3 is 2.40 bits per heavy atom. The highest BCUT2D eigenvalue weighted by Gasteiger charge is 2.13. The predicted molar refractivity (Wildman–Crippen MR) is 132 cm³/mol. The first kappa shape index (κ1) is 25.3. The molecule has 0 aromatic heterocycles. The van der Waals surface area contributed by atoms with Gasteiger partial charge in [0.05, 0.1) is 7.11 Å². The number of carbonyl (C=O) groups is 2. The minimum atomic E-state index is -0.647. The van der Waals surface area contributed by atoms with Crippen LogP contribution in [0.5, 0.6) is 11.5 Å². The number of anilines is 2. The van der Waals surface area contributed by atoms with Crippen molar-refractivity contribution in [3.63, 3.8) is 0 Å². The Hall–Kier alpha value is -4.35. The molecule has 0 fully saturated rings. The van der Waals surface area contributed by atoms with Gasteiger partial charge in [-0.3, -0.25) is 9.59 Å². The van der Waals surface area contributed by atoms with E-state index in [2.05, 4.69) is 10.6 Å². The molecule has 7 nitrogen and oxygen atoms in total. The second-order valence-corrected chi connectivity index (χ2v) is 7.75. The maximum Gasteiger partial charge on any atom is 0.266 e. The quantitative estimate of drug-likeness (QED) is 0.325. The molecular weight excluding hydrogens is 473 g/mol. The number of amides is 2. The van der Waals surface area contributed by atoms with Gasteiger partial charge in [0.2, 0.25) is 0 Å². The molecule has 178 valence electrons.